The van der Waals surface area contributed by atoms with Crippen LogP contribution in [0.4, 0.5) is 28.8 Å². The highest BCUT2D eigenvalue weighted by molar-refractivity contribution is 6.31. The van der Waals surface area contributed by atoms with Crippen LogP contribution in [0.15, 0.2) is 79.3 Å². The van der Waals surface area contributed by atoms with Crippen LogP contribution in [-0.4, -0.2) is 20.9 Å². The number of aromatic nitrogens is 3. The Hall–Kier alpha value is -3.97. The van der Waals surface area contributed by atoms with Crippen LogP contribution in [0.3, 0.4) is 0 Å². The molecule has 7 nitrogen and oxygen atoms in total. The van der Waals surface area contributed by atoms with E-state index >= 15 is 0 Å². The Morgan fingerprint density at radius 2 is 1.53 bits per heavy atom. The predicted octanol–water partition coefficient (Wildman–Crippen LogP) is 5.50. The molecule has 1 amide bonds. The minimum Gasteiger partial charge on any atom is -0.340 e. The van der Waals surface area contributed by atoms with Gasteiger partial charge in [-0.2, -0.15) is 0 Å². The summed E-state index contributed by atoms with van der Waals surface area (Å²) in [5.41, 5.74) is 3.42. The van der Waals surface area contributed by atoms with Crippen LogP contribution in [-0.2, 0) is 11.2 Å². The smallest absolute Gasteiger partial charge is 0.228 e. The first kappa shape index (κ1) is 21.3. The van der Waals surface area contributed by atoms with Gasteiger partial charge in [0.1, 0.15) is 23.8 Å². The average molecular weight is 445 g/mol. The number of anilines is 5. The van der Waals surface area contributed by atoms with Crippen LogP contribution < -0.4 is 16.0 Å². The zero-order chi connectivity index (χ0) is 22.3. The van der Waals surface area contributed by atoms with Crippen molar-refractivity contribution in [1.82, 2.24) is 15.0 Å². The first-order valence-electron chi connectivity index (χ1n) is 9.97. The van der Waals surface area contributed by atoms with Crippen molar-refractivity contribution in [2.24, 2.45) is 0 Å². The van der Waals surface area contributed by atoms with Crippen molar-refractivity contribution in [1.29, 1.82) is 0 Å². The van der Waals surface area contributed by atoms with Crippen molar-refractivity contribution in [3.63, 3.8) is 0 Å². The Labute approximate surface area is 190 Å². The Morgan fingerprint density at radius 3 is 2.28 bits per heavy atom. The molecular formula is C24H21ClN6O. The van der Waals surface area contributed by atoms with E-state index in [1.807, 2.05) is 61.5 Å². The number of carbonyl (C=O) groups is 1. The van der Waals surface area contributed by atoms with Crippen LogP contribution in [0.1, 0.15) is 11.1 Å². The number of rotatable bonds is 7. The van der Waals surface area contributed by atoms with Crippen molar-refractivity contribution < 1.29 is 4.79 Å². The highest BCUT2D eigenvalue weighted by atomic mass is 35.5. The summed E-state index contributed by atoms with van der Waals surface area (Å²) in [6, 6.07) is 20.4. The number of nitrogens with zero attached hydrogens (tertiary/aromatic N) is 3. The average Bonchev–Trinajstić information content (AvgIpc) is 2.77. The van der Waals surface area contributed by atoms with E-state index in [0.29, 0.717) is 28.2 Å². The molecule has 0 radical (unpaired) electrons. The molecule has 4 aromatic rings. The molecule has 32 heavy (non-hydrogen) atoms. The maximum atomic E-state index is 12.3. The summed E-state index contributed by atoms with van der Waals surface area (Å²) < 4.78 is 0. The molecule has 2 aromatic carbocycles. The molecule has 0 aliphatic heterocycles. The molecule has 0 fully saturated rings. The Kier molecular flexibility index (Phi) is 6.57. The van der Waals surface area contributed by atoms with E-state index in [1.165, 1.54) is 6.33 Å². The lowest BCUT2D eigenvalue weighted by Crippen LogP contribution is -2.14. The van der Waals surface area contributed by atoms with Gasteiger partial charge in [0.15, 0.2) is 0 Å². The quantitative estimate of drug-likeness (QED) is 0.348. The molecule has 0 saturated heterocycles. The van der Waals surface area contributed by atoms with Crippen LogP contribution in [0.2, 0.25) is 5.02 Å². The molecule has 160 valence electrons. The standard InChI is InChI=1S/C24H21ClN6O/c1-16-10-11-26-21(12-16)31-23-14-22(27-15-28-23)29-18-6-8-19(9-7-18)30-24(32)13-17-4-2-3-5-20(17)25/h2-12,14-15H,13H2,1H3,(H,30,32)(H2,26,27,28,29,31). The van der Waals surface area contributed by atoms with Gasteiger partial charge in [0.25, 0.3) is 0 Å². The lowest BCUT2D eigenvalue weighted by atomic mass is 10.1. The lowest BCUT2D eigenvalue weighted by molar-refractivity contribution is -0.115. The number of nitrogens with one attached hydrogen (secondary N) is 3. The van der Waals surface area contributed by atoms with Crippen molar-refractivity contribution in [2.45, 2.75) is 13.3 Å². The Morgan fingerprint density at radius 1 is 0.844 bits per heavy atom. The summed E-state index contributed by atoms with van der Waals surface area (Å²) in [5, 5.41) is 9.86. The zero-order valence-corrected chi connectivity index (χ0v) is 18.1. The third-order valence-corrected chi connectivity index (χ3v) is 4.96. The third-order valence-electron chi connectivity index (χ3n) is 4.59. The summed E-state index contributed by atoms with van der Waals surface area (Å²) in [6.07, 6.45) is 3.43. The monoisotopic (exact) mass is 444 g/mol. The minimum absolute atomic E-state index is 0.130. The fourth-order valence-corrected chi connectivity index (χ4v) is 3.24. The first-order valence-corrected chi connectivity index (χ1v) is 10.3. The van der Waals surface area contributed by atoms with E-state index in [9.17, 15) is 4.79 Å². The van der Waals surface area contributed by atoms with Gasteiger partial charge in [-0.1, -0.05) is 29.8 Å². The number of benzene rings is 2. The molecule has 0 atom stereocenters. The SMILES string of the molecule is Cc1ccnc(Nc2cc(Nc3ccc(NC(=O)Cc4ccccc4Cl)cc3)ncn2)c1. The number of amides is 1. The number of halogens is 1. The molecule has 0 aliphatic carbocycles. The van der Waals surface area contributed by atoms with E-state index in [2.05, 4.69) is 30.9 Å². The summed E-state index contributed by atoms with van der Waals surface area (Å²) in [6.45, 7) is 2.00. The van der Waals surface area contributed by atoms with E-state index in [-0.39, 0.29) is 12.3 Å². The predicted molar refractivity (Wildman–Crippen MR) is 128 cm³/mol. The summed E-state index contributed by atoms with van der Waals surface area (Å²) in [4.78, 5) is 25.1. The van der Waals surface area contributed by atoms with Crippen LogP contribution in [0.25, 0.3) is 0 Å². The third kappa shape index (κ3) is 5.80. The highest BCUT2D eigenvalue weighted by Crippen LogP contribution is 2.21. The van der Waals surface area contributed by atoms with Crippen molar-refractivity contribution in [3.05, 3.63) is 95.4 Å². The van der Waals surface area contributed by atoms with Gasteiger partial charge in [0, 0.05) is 28.7 Å². The van der Waals surface area contributed by atoms with Crippen LogP contribution >= 0.6 is 11.6 Å². The molecule has 8 heteroatoms. The fourth-order valence-electron chi connectivity index (χ4n) is 3.03. The maximum Gasteiger partial charge on any atom is 0.228 e. The van der Waals surface area contributed by atoms with Gasteiger partial charge in [-0.25, -0.2) is 15.0 Å². The van der Waals surface area contributed by atoms with Gasteiger partial charge in [-0.05, 0) is 60.5 Å². The zero-order valence-electron chi connectivity index (χ0n) is 17.3. The number of pyridine rings is 1. The molecule has 0 spiro atoms. The fraction of sp³-hybridized carbons (Fsp3) is 0.0833. The van der Waals surface area contributed by atoms with Gasteiger partial charge in [-0.3, -0.25) is 4.79 Å². The largest absolute Gasteiger partial charge is 0.340 e. The molecular weight excluding hydrogens is 424 g/mol. The molecule has 0 bridgehead atoms. The number of hydrogen-bond acceptors (Lipinski definition) is 6. The summed E-state index contributed by atoms with van der Waals surface area (Å²) in [5.74, 6) is 1.84. The normalized spacial score (nSPS) is 10.4. The molecule has 0 aliphatic rings. The molecule has 3 N–H and O–H groups in total. The maximum absolute atomic E-state index is 12.3. The van der Waals surface area contributed by atoms with E-state index in [0.717, 1.165) is 16.8 Å². The van der Waals surface area contributed by atoms with Gasteiger partial charge in [0.2, 0.25) is 5.91 Å². The van der Waals surface area contributed by atoms with Crippen LogP contribution in [0, 0.1) is 6.92 Å². The van der Waals surface area contributed by atoms with E-state index in [1.54, 1.807) is 18.3 Å². The molecule has 0 saturated carbocycles. The first-order chi connectivity index (χ1) is 15.5. The van der Waals surface area contributed by atoms with E-state index in [4.69, 9.17) is 11.6 Å². The van der Waals surface area contributed by atoms with Crippen molar-refractivity contribution in [3.8, 4) is 0 Å². The summed E-state index contributed by atoms with van der Waals surface area (Å²) in [7, 11) is 0. The van der Waals surface area contributed by atoms with E-state index < -0.39 is 0 Å². The molecule has 0 unspecified atom stereocenters. The number of hydrogen-bond donors (Lipinski definition) is 3. The minimum atomic E-state index is -0.130. The van der Waals surface area contributed by atoms with Crippen molar-refractivity contribution >= 4 is 46.3 Å². The van der Waals surface area contributed by atoms with Crippen LogP contribution in [0.5, 0.6) is 0 Å². The second kappa shape index (κ2) is 9.89. The number of carbonyl (C=O) groups excluding carboxylic acids is 1. The summed E-state index contributed by atoms with van der Waals surface area (Å²) >= 11 is 6.13. The Bertz CT molecular complexity index is 1230. The molecule has 2 heterocycles. The Balaban J connectivity index is 1.36. The second-order valence-corrected chi connectivity index (χ2v) is 7.56. The lowest BCUT2D eigenvalue weighted by Gasteiger charge is -2.10. The van der Waals surface area contributed by atoms with Gasteiger partial charge in [-0.15, -0.1) is 0 Å². The molecule has 2 aromatic heterocycles. The van der Waals surface area contributed by atoms with Gasteiger partial charge >= 0.3 is 0 Å². The van der Waals surface area contributed by atoms with Gasteiger partial charge in [0.05, 0.1) is 6.42 Å². The topological polar surface area (TPSA) is 91.8 Å². The molecule has 4 rings (SSSR count). The van der Waals surface area contributed by atoms with Gasteiger partial charge < -0.3 is 16.0 Å². The second-order valence-electron chi connectivity index (χ2n) is 7.15. The highest BCUT2D eigenvalue weighted by Gasteiger charge is 2.07. The van der Waals surface area contributed by atoms with Crippen molar-refractivity contribution in [2.75, 3.05) is 16.0 Å². The number of aryl methyl sites for hydroxylation is 1.